The molecule has 1 aliphatic heterocycles. The van der Waals surface area contributed by atoms with Crippen molar-refractivity contribution in [1.82, 2.24) is 9.88 Å². The zero-order valence-electron chi connectivity index (χ0n) is 25.7. The molecule has 2 aromatic carbocycles. The molecule has 1 fully saturated rings. The highest BCUT2D eigenvalue weighted by atomic mass is 35.5. The average Bonchev–Trinajstić information content (AvgIpc) is 3.00. The van der Waals surface area contributed by atoms with E-state index in [9.17, 15) is 9.90 Å². The number of hydrogen-bond acceptors (Lipinski definition) is 6. The lowest BCUT2D eigenvalue weighted by molar-refractivity contribution is 0.0694. The van der Waals surface area contributed by atoms with Crippen molar-refractivity contribution in [3.63, 3.8) is 0 Å². The van der Waals surface area contributed by atoms with E-state index in [1.54, 1.807) is 24.3 Å². The average molecular weight is 603 g/mol. The zero-order valence-corrected chi connectivity index (χ0v) is 26.5. The zero-order chi connectivity index (χ0) is 31.1. The van der Waals surface area contributed by atoms with Crippen molar-refractivity contribution in [3.05, 3.63) is 88.6 Å². The summed E-state index contributed by atoms with van der Waals surface area (Å²) in [6.07, 6.45) is 6.44. The molecule has 7 nitrogen and oxygen atoms in total. The summed E-state index contributed by atoms with van der Waals surface area (Å²) >= 11 is 6.18. The van der Waals surface area contributed by atoms with Gasteiger partial charge in [-0.3, -0.25) is 4.90 Å². The van der Waals surface area contributed by atoms with Crippen LogP contribution in [0.1, 0.15) is 68.4 Å². The molecule has 0 bridgehead atoms. The van der Waals surface area contributed by atoms with Gasteiger partial charge in [0.05, 0.1) is 6.20 Å². The number of carboxylic acid groups (broad SMARTS) is 1. The number of benzene rings is 2. The fourth-order valence-electron chi connectivity index (χ4n) is 5.69. The maximum atomic E-state index is 11.9. The predicted octanol–water partition coefficient (Wildman–Crippen LogP) is 8.26. The molecule has 0 unspecified atom stereocenters. The summed E-state index contributed by atoms with van der Waals surface area (Å²) < 4.78 is 6.00. The van der Waals surface area contributed by atoms with Gasteiger partial charge < -0.3 is 20.5 Å². The van der Waals surface area contributed by atoms with Crippen molar-refractivity contribution in [2.75, 3.05) is 43.4 Å². The molecule has 0 amide bonds. The highest BCUT2D eigenvalue weighted by Gasteiger charge is 2.29. The van der Waals surface area contributed by atoms with E-state index < -0.39 is 5.97 Å². The maximum Gasteiger partial charge on any atom is 0.339 e. The Morgan fingerprint density at radius 3 is 2.47 bits per heavy atom. The molecule has 2 heterocycles. The lowest BCUT2D eigenvalue weighted by Gasteiger charge is -2.39. The van der Waals surface area contributed by atoms with Crippen LogP contribution in [0.5, 0.6) is 11.5 Å². The third-order valence-electron chi connectivity index (χ3n) is 8.10. The second kappa shape index (κ2) is 14.1. The number of carboxylic acids is 1. The molecule has 43 heavy (non-hydrogen) atoms. The first-order valence-corrected chi connectivity index (χ1v) is 15.4. The monoisotopic (exact) mass is 602 g/mol. The highest BCUT2D eigenvalue weighted by molar-refractivity contribution is 6.30. The van der Waals surface area contributed by atoms with Gasteiger partial charge in [0.15, 0.2) is 0 Å². The van der Waals surface area contributed by atoms with Crippen LogP contribution in [0, 0.1) is 5.41 Å². The van der Waals surface area contributed by atoms with E-state index in [2.05, 4.69) is 47.3 Å². The van der Waals surface area contributed by atoms with Gasteiger partial charge in [0.2, 0.25) is 0 Å². The van der Waals surface area contributed by atoms with Crippen molar-refractivity contribution < 1.29 is 14.6 Å². The van der Waals surface area contributed by atoms with E-state index in [0.717, 1.165) is 56.3 Å². The number of anilines is 2. The van der Waals surface area contributed by atoms with E-state index in [0.29, 0.717) is 17.1 Å². The minimum atomic E-state index is -1.05. The molecule has 1 aliphatic carbocycles. The molecule has 0 radical (unpaired) electrons. The number of allylic oxidation sites excluding steroid dienone is 1. The maximum absolute atomic E-state index is 11.9. The number of nitrogens with zero attached hydrogens (tertiary/aromatic N) is 3. The van der Waals surface area contributed by atoms with Gasteiger partial charge in [-0.1, -0.05) is 69.7 Å². The van der Waals surface area contributed by atoms with Gasteiger partial charge in [-0.25, -0.2) is 9.78 Å². The Hall–Kier alpha value is -3.81. The van der Waals surface area contributed by atoms with Crippen molar-refractivity contribution in [2.24, 2.45) is 5.41 Å². The predicted molar refractivity (Wildman–Crippen MR) is 178 cm³/mol. The largest absolute Gasteiger partial charge is 0.478 e. The molecule has 0 spiro atoms. The van der Waals surface area contributed by atoms with Gasteiger partial charge in [0.25, 0.3) is 0 Å². The molecular formula is C35H43ClN4O3. The number of ether oxygens (including phenoxy) is 1. The molecule has 8 heteroatoms. The Bertz CT molecular complexity index is 1470. The molecule has 3 aromatic rings. The summed E-state index contributed by atoms with van der Waals surface area (Å²) in [6.45, 7) is 16.9. The summed E-state index contributed by atoms with van der Waals surface area (Å²) in [7, 11) is 0. The normalized spacial score (nSPS) is 16.7. The quantitative estimate of drug-likeness (QED) is 0.268. The summed E-state index contributed by atoms with van der Waals surface area (Å²) in [5.41, 5.74) is 12.1. The van der Waals surface area contributed by atoms with Gasteiger partial charge in [-0.15, -0.1) is 0 Å². The van der Waals surface area contributed by atoms with Crippen molar-refractivity contribution in [2.45, 2.75) is 47.0 Å². The number of nitrogen functional groups attached to an aromatic ring is 1. The van der Waals surface area contributed by atoms with Gasteiger partial charge in [0.1, 0.15) is 22.9 Å². The minimum absolute atomic E-state index is 0.0891. The second-order valence-electron chi connectivity index (χ2n) is 11.6. The fraction of sp³-hybridized carbons (Fsp3) is 0.371. The molecule has 5 rings (SSSR count). The van der Waals surface area contributed by atoms with Crippen LogP contribution in [-0.4, -0.2) is 53.7 Å². The van der Waals surface area contributed by atoms with Crippen LogP contribution in [0.15, 0.2) is 66.9 Å². The lowest BCUT2D eigenvalue weighted by Crippen LogP contribution is -2.47. The lowest BCUT2D eigenvalue weighted by atomic mass is 9.72. The van der Waals surface area contributed by atoms with Crippen molar-refractivity contribution in [3.8, 4) is 11.5 Å². The molecule has 0 saturated carbocycles. The molecule has 2 aliphatic rings. The van der Waals surface area contributed by atoms with Crippen LogP contribution in [0.2, 0.25) is 5.02 Å². The number of pyridine rings is 1. The first-order chi connectivity index (χ1) is 20.6. The van der Waals surface area contributed by atoms with E-state index in [1.807, 2.05) is 32.0 Å². The van der Waals surface area contributed by atoms with Gasteiger partial charge in [-0.05, 0) is 66.1 Å². The molecule has 228 valence electrons. The standard InChI is InChI=1S/C33H37ClN4O3.C2H6/c1-4-22-17-27(20-36-31(22)35)41-30-18-26(9-10-28(30)32(39)40)38-15-13-37(14-16-38)21-24-11-12-33(2,3)19-29(24)23-5-7-25(34)8-6-23;1-2/h4-10,17-18,20H,1,11-16,19,21H2,2-3H3,(H2,35,36)(H,39,40);1-2H3. The van der Waals surface area contributed by atoms with Crippen LogP contribution in [0.25, 0.3) is 11.6 Å². The molecule has 3 N–H and O–H groups in total. The summed E-state index contributed by atoms with van der Waals surface area (Å²) in [6, 6.07) is 15.2. The van der Waals surface area contributed by atoms with Crippen molar-refractivity contribution in [1.29, 1.82) is 0 Å². The molecular weight excluding hydrogens is 560 g/mol. The highest BCUT2D eigenvalue weighted by Crippen LogP contribution is 2.43. The third kappa shape index (κ3) is 7.98. The first kappa shape index (κ1) is 32.1. The summed E-state index contributed by atoms with van der Waals surface area (Å²) in [5, 5.41) is 10.5. The van der Waals surface area contributed by atoms with Crippen LogP contribution in [-0.2, 0) is 0 Å². The summed E-state index contributed by atoms with van der Waals surface area (Å²) in [5.74, 6) is -0.0462. The number of hydrogen-bond donors (Lipinski definition) is 2. The number of carbonyl (C=O) groups is 1. The Kier molecular flexibility index (Phi) is 10.5. The fourth-order valence-corrected chi connectivity index (χ4v) is 5.81. The number of piperazine rings is 1. The van der Waals surface area contributed by atoms with Crippen LogP contribution in [0.3, 0.4) is 0 Å². The number of aromatic nitrogens is 1. The minimum Gasteiger partial charge on any atom is -0.478 e. The Labute approximate surface area is 260 Å². The topological polar surface area (TPSA) is 91.9 Å². The van der Waals surface area contributed by atoms with E-state index in [4.69, 9.17) is 22.1 Å². The van der Waals surface area contributed by atoms with Gasteiger partial charge in [-0.2, -0.15) is 0 Å². The first-order valence-electron chi connectivity index (χ1n) is 15.0. The van der Waals surface area contributed by atoms with E-state index in [1.165, 1.54) is 29.3 Å². The Balaban J connectivity index is 0.00000207. The second-order valence-corrected chi connectivity index (χ2v) is 12.1. The summed E-state index contributed by atoms with van der Waals surface area (Å²) in [4.78, 5) is 20.9. The van der Waals surface area contributed by atoms with E-state index >= 15 is 0 Å². The number of rotatable bonds is 8. The van der Waals surface area contributed by atoms with Gasteiger partial charge >= 0.3 is 5.97 Å². The third-order valence-corrected chi connectivity index (χ3v) is 8.35. The number of nitrogens with two attached hydrogens (primary N) is 1. The number of aromatic carboxylic acids is 1. The van der Waals surface area contributed by atoms with E-state index in [-0.39, 0.29) is 16.7 Å². The van der Waals surface area contributed by atoms with Crippen LogP contribution < -0.4 is 15.4 Å². The number of halogens is 1. The van der Waals surface area contributed by atoms with Gasteiger partial charge in [0, 0.05) is 55.1 Å². The molecule has 1 saturated heterocycles. The SMILES string of the molecule is C=Cc1cc(Oc2cc(N3CCN(CC4=C(c5ccc(Cl)cc5)CC(C)(C)CC4)CC3)ccc2C(=O)O)cnc1N.CC. The molecule has 1 aromatic heterocycles. The Morgan fingerprint density at radius 2 is 1.81 bits per heavy atom. The Morgan fingerprint density at radius 1 is 1.12 bits per heavy atom. The van der Waals surface area contributed by atoms with Crippen LogP contribution >= 0.6 is 11.6 Å². The molecule has 0 atom stereocenters. The van der Waals surface area contributed by atoms with Crippen molar-refractivity contribution >= 4 is 40.7 Å². The smallest absolute Gasteiger partial charge is 0.339 e. The van der Waals surface area contributed by atoms with Crippen LogP contribution in [0.4, 0.5) is 11.5 Å².